The van der Waals surface area contributed by atoms with Crippen LogP contribution in [0.4, 0.5) is 10.5 Å². The maximum absolute atomic E-state index is 11.9. The van der Waals surface area contributed by atoms with Crippen LogP contribution < -0.4 is 24.8 Å². The number of ether oxygens (including phenoxy) is 3. The standard InChI is InChI=1S/C17H17ClN2O4/c18-13-3-1-2-4-14(13)22-8-7-19-17(21)20-12-5-6-15-16(11-12)24-10-9-23-15/h1-6,11H,7-10H2,(H2,19,20,21). The van der Waals surface area contributed by atoms with E-state index in [-0.39, 0.29) is 6.03 Å². The Hall–Kier alpha value is -2.60. The molecule has 0 aromatic heterocycles. The number of hydrogen-bond donors (Lipinski definition) is 2. The molecule has 0 fully saturated rings. The number of benzene rings is 2. The number of urea groups is 1. The second kappa shape index (κ2) is 7.79. The zero-order valence-electron chi connectivity index (χ0n) is 12.9. The van der Waals surface area contributed by atoms with Gasteiger partial charge in [0.2, 0.25) is 0 Å². The van der Waals surface area contributed by atoms with Gasteiger partial charge < -0.3 is 24.8 Å². The summed E-state index contributed by atoms with van der Waals surface area (Å²) in [7, 11) is 0. The fourth-order valence-corrected chi connectivity index (χ4v) is 2.37. The summed E-state index contributed by atoms with van der Waals surface area (Å²) in [6.45, 7) is 1.70. The Morgan fingerprint density at radius 3 is 2.75 bits per heavy atom. The van der Waals surface area contributed by atoms with Crippen LogP contribution in [0, 0.1) is 0 Å². The third-order valence-corrected chi connectivity index (χ3v) is 3.59. The summed E-state index contributed by atoms with van der Waals surface area (Å²) < 4.78 is 16.4. The van der Waals surface area contributed by atoms with Crippen LogP contribution in [0.25, 0.3) is 0 Å². The summed E-state index contributed by atoms with van der Waals surface area (Å²) in [6, 6.07) is 12.1. The molecule has 0 spiro atoms. The summed E-state index contributed by atoms with van der Waals surface area (Å²) in [5.74, 6) is 1.90. The third kappa shape index (κ3) is 4.23. The van der Waals surface area contributed by atoms with Gasteiger partial charge in [-0.15, -0.1) is 0 Å². The Labute approximate surface area is 144 Å². The van der Waals surface area contributed by atoms with Gasteiger partial charge in [0.15, 0.2) is 11.5 Å². The van der Waals surface area contributed by atoms with Crippen molar-refractivity contribution in [1.82, 2.24) is 5.32 Å². The number of rotatable bonds is 5. The molecule has 0 aliphatic carbocycles. The zero-order valence-corrected chi connectivity index (χ0v) is 13.6. The molecule has 126 valence electrons. The molecule has 2 aromatic carbocycles. The lowest BCUT2D eigenvalue weighted by Gasteiger charge is -2.19. The van der Waals surface area contributed by atoms with E-state index in [0.29, 0.717) is 54.3 Å². The second-order valence-electron chi connectivity index (χ2n) is 5.02. The first-order valence-corrected chi connectivity index (χ1v) is 7.92. The number of para-hydroxylation sites is 1. The highest BCUT2D eigenvalue weighted by Gasteiger charge is 2.12. The quantitative estimate of drug-likeness (QED) is 0.813. The molecule has 1 aliphatic heterocycles. The number of hydrogen-bond acceptors (Lipinski definition) is 4. The lowest BCUT2D eigenvalue weighted by atomic mass is 10.2. The molecule has 3 rings (SSSR count). The Balaban J connectivity index is 1.43. The molecular weight excluding hydrogens is 332 g/mol. The fraction of sp³-hybridized carbons (Fsp3) is 0.235. The number of fused-ring (bicyclic) bond motifs is 1. The molecule has 2 amide bonds. The van der Waals surface area contributed by atoms with Gasteiger partial charge in [-0.1, -0.05) is 23.7 Å². The number of nitrogens with one attached hydrogen (secondary N) is 2. The Morgan fingerprint density at radius 1 is 1.12 bits per heavy atom. The minimum Gasteiger partial charge on any atom is -0.490 e. The van der Waals surface area contributed by atoms with E-state index in [2.05, 4.69) is 10.6 Å². The molecule has 7 heteroatoms. The lowest BCUT2D eigenvalue weighted by Crippen LogP contribution is -2.32. The molecule has 2 N–H and O–H groups in total. The van der Waals surface area contributed by atoms with Crippen LogP contribution >= 0.6 is 11.6 Å². The number of halogens is 1. The topological polar surface area (TPSA) is 68.8 Å². The van der Waals surface area contributed by atoms with Crippen LogP contribution in [0.15, 0.2) is 42.5 Å². The minimum absolute atomic E-state index is 0.318. The smallest absolute Gasteiger partial charge is 0.319 e. The lowest BCUT2D eigenvalue weighted by molar-refractivity contribution is 0.171. The van der Waals surface area contributed by atoms with Crippen LogP contribution in [-0.4, -0.2) is 32.4 Å². The predicted molar refractivity (Wildman–Crippen MR) is 91.4 cm³/mol. The fourth-order valence-electron chi connectivity index (χ4n) is 2.18. The monoisotopic (exact) mass is 348 g/mol. The normalized spacial score (nSPS) is 12.4. The minimum atomic E-state index is -0.325. The average molecular weight is 349 g/mol. The predicted octanol–water partition coefficient (Wildman–Crippen LogP) is 3.31. The van der Waals surface area contributed by atoms with Gasteiger partial charge in [-0.3, -0.25) is 0 Å². The van der Waals surface area contributed by atoms with Crippen LogP contribution in [0.3, 0.4) is 0 Å². The van der Waals surface area contributed by atoms with E-state index in [1.165, 1.54) is 0 Å². The van der Waals surface area contributed by atoms with E-state index in [4.69, 9.17) is 25.8 Å². The first kappa shape index (κ1) is 16.3. The second-order valence-corrected chi connectivity index (χ2v) is 5.43. The van der Waals surface area contributed by atoms with Crippen molar-refractivity contribution in [3.8, 4) is 17.2 Å². The van der Waals surface area contributed by atoms with Crippen molar-refractivity contribution < 1.29 is 19.0 Å². The van der Waals surface area contributed by atoms with Crippen LogP contribution in [0.5, 0.6) is 17.2 Å². The summed E-state index contributed by atoms with van der Waals surface area (Å²) in [6.07, 6.45) is 0. The molecule has 0 bridgehead atoms. The molecular formula is C17H17ClN2O4. The molecule has 1 heterocycles. The van der Waals surface area contributed by atoms with Gasteiger partial charge in [0, 0.05) is 11.8 Å². The molecule has 0 saturated carbocycles. The van der Waals surface area contributed by atoms with Gasteiger partial charge >= 0.3 is 6.03 Å². The highest BCUT2D eigenvalue weighted by molar-refractivity contribution is 6.32. The molecule has 1 aliphatic rings. The van der Waals surface area contributed by atoms with Gasteiger partial charge in [0.05, 0.1) is 11.6 Å². The third-order valence-electron chi connectivity index (χ3n) is 3.28. The van der Waals surface area contributed by atoms with Crippen molar-refractivity contribution >= 4 is 23.3 Å². The molecule has 2 aromatic rings. The van der Waals surface area contributed by atoms with Gasteiger partial charge in [-0.2, -0.15) is 0 Å². The number of carbonyl (C=O) groups excluding carboxylic acids is 1. The summed E-state index contributed by atoms with van der Waals surface area (Å²) in [5.41, 5.74) is 0.628. The molecule has 0 saturated heterocycles. The van der Waals surface area contributed by atoms with Crippen molar-refractivity contribution in [3.05, 3.63) is 47.5 Å². The maximum atomic E-state index is 11.9. The van der Waals surface area contributed by atoms with Crippen molar-refractivity contribution in [1.29, 1.82) is 0 Å². The van der Waals surface area contributed by atoms with Crippen molar-refractivity contribution in [3.63, 3.8) is 0 Å². The van der Waals surface area contributed by atoms with Gasteiger partial charge in [-0.05, 0) is 24.3 Å². The number of carbonyl (C=O) groups is 1. The Morgan fingerprint density at radius 2 is 1.92 bits per heavy atom. The van der Waals surface area contributed by atoms with Crippen LogP contribution in [-0.2, 0) is 0 Å². The summed E-state index contributed by atoms with van der Waals surface area (Å²) in [5, 5.41) is 5.99. The van der Waals surface area contributed by atoms with Crippen molar-refractivity contribution in [2.24, 2.45) is 0 Å². The van der Waals surface area contributed by atoms with E-state index in [1.54, 1.807) is 30.3 Å². The molecule has 0 radical (unpaired) electrons. The van der Waals surface area contributed by atoms with E-state index in [0.717, 1.165) is 0 Å². The average Bonchev–Trinajstić information content (AvgIpc) is 2.60. The van der Waals surface area contributed by atoms with Crippen LogP contribution in [0.2, 0.25) is 5.02 Å². The molecule has 6 nitrogen and oxygen atoms in total. The highest BCUT2D eigenvalue weighted by atomic mass is 35.5. The SMILES string of the molecule is O=C(NCCOc1ccccc1Cl)Nc1ccc2c(c1)OCCO2. The molecule has 0 atom stereocenters. The number of amides is 2. The molecule has 24 heavy (non-hydrogen) atoms. The number of anilines is 1. The Bertz CT molecular complexity index is 723. The van der Waals surface area contributed by atoms with Gasteiger partial charge in [0.25, 0.3) is 0 Å². The van der Waals surface area contributed by atoms with Gasteiger partial charge in [-0.25, -0.2) is 4.79 Å². The first-order chi connectivity index (χ1) is 11.7. The van der Waals surface area contributed by atoms with Crippen LogP contribution in [0.1, 0.15) is 0 Å². The van der Waals surface area contributed by atoms with E-state index in [1.807, 2.05) is 12.1 Å². The zero-order chi connectivity index (χ0) is 16.8. The van der Waals surface area contributed by atoms with Crippen molar-refractivity contribution in [2.45, 2.75) is 0 Å². The van der Waals surface area contributed by atoms with E-state index >= 15 is 0 Å². The molecule has 0 unspecified atom stereocenters. The maximum Gasteiger partial charge on any atom is 0.319 e. The summed E-state index contributed by atoms with van der Waals surface area (Å²) in [4.78, 5) is 11.9. The Kier molecular flexibility index (Phi) is 5.28. The highest BCUT2D eigenvalue weighted by Crippen LogP contribution is 2.32. The van der Waals surface area contributed by atoms with E-state index < -0.39 is 0 Å². The summed E-state index contributed by atoms with van der Waals surface area (Å²) >= 11 is 5.98. The van der Waals surface area contributed by atoms with E-state index in [9.17, 15) is 4.79 Å². The van der Waals surface area contributed by atoms with Gasteiger partial charge in [0.1, 0.15) is 25.6 Å². The first-order valence-electron chi connectivity index (χ1n) is 7.54. The largest absolute Gasteiger partial charge is 0.490 e. The van der Waals surface area contributed by atoms with Crippen molar-refractivity contribution in [2.75, 3.05) is 31.7 Å².